The summed E-state index contributed by atoms with van der Waals surface area (Å²) in [5, 5.41) is 12.7. The highest BCUT2D eigenvalue weighted by molar-refractivity contribution is 9.10. The van der Waals surface area contributed by atoms with E-state index in [0.717, 1.165) is 11.7 Å². The van der Waals surface area contributed by atoms with Gasteiger partial charge in [-0.3, -0.25) is 0 Å². The lowest BCUT2D eigenvalue weighted by Crippen LogP contribution is -2.35. The molecule has 0 aromatic carbocycles. The summed E-state index contributed by atoms with van der Waals surface area (Å²) in [6, 6.07) is 0.354. The topological polar surface area (TPSA) is 67.3 Å². The highest BCUT2D eigenvalue weighted by Crippen LogP contribution is 2.21. The molecule has 1 unspecified atom stereocenters. The molecule has 1 aromatic heterocycles. The number of aliphatic hydroxyl groups excluding tert-OH is 1. The minimum absolute atomic E-state index is 0.212. The van der Waals surface area contributed by atoms with E-state index in [9.17, 15) is 5.11 Å². The predicted octanol–water partition coefficient (Wildman–Crippen LogP) is 1.04. The first kappa shape index (κ1) is 12.8. The Hall–Kier alpha value is -0.240. The average molecular weight is 296 g/mol. The smallest absolute Gasteiger partial charge is 0.260 e. The van der Waals surface area contributed by atoms with Gasteiger partial charge in [0.05, 0.1) is 11.7 Å². The summed E-state index contributed by atoms with van der Waals surface area (Å²) in [5.41, 5.74) is 0. The maximum Gasteiger partial charge on any atom is 0.260 e. The lowest BCUT2D eigenvalue weighted by atomic mass is 10.3. The van der Waals surface area contributed by atoms with Crippen molar-refractivity contribution in [3.8, 4) is 5.88 Å². The molecule has 0 aliphatic rings. The van der Waals surface area contributed by atoms with Crippen molar-refractivity contribution in [1.82, 2.24) is 14.1 Å². The molecule has 0 fully saturated rings. The SMILES string of the molecule is CC(C)NCC(O)COc1nsnc1Br. The van der Waals surface area contributed by atoms with Gasteiger partial charge in [0.2, 0.25) is 0 Å². The van der Waals surface area contributed by atoms with Crippen LogP contribution in [0, 0.1) is 0 Å². The Bertz CT molecular complexity index is 295. The van der Waals surface area contributed by atoms with E-state index in [2.05, 4.69) is 30.0 Å². The first-order valence-electron chi connectivity index (χ1n) is 4.62. The second-order valence-electron chi connectivity index (χ2n) is 3.39. The first-order valence-corrected chi connectivity index (χ1v) is 6.14. The first-order chi connectivity index (χ1) is 7.09. The van der Waals surface area contributed by atoms with Crippen molar-refractivity contribution < 1.29 is 9.84 Å². The van der Waals surface area contributed by atoms with Gasteiger partial charge in [-0.2, -0.15) is 4.37 Å². The number of rotatable bonds is 6. The quantitative estimate of drug-likeness (QED) is 0.821. The van der Waals surface area contributed by atoms with Crippen molar-refractivity contribution in [3.63, 3.8) is 0 Å². The second kappa shape index (κ2) is 6.37. The highest BCUT2D eigenvalue weighted by Gasteiger charge is 2.10. The normalized spacial score (nSPS) is 13.1. The molecule has 0 aliphatic carbocycles. The van der Waals surface area contributed by atoms with E-state index in [1.54, 1.807) is 0 Å². The van der Waals surface area contributed by atoms with Crippen LogP contribution < -0.4 is 10.1 Å². The fraction of sp³-hybridized carbons (Fsp3) is 0.750. The Labute approximate surface area is 101 Å². The fourth-order valence-electron chi connectivity index (χ4n) is 0.862. The maximum atomic E-state index is 9.54. The van der Waals surface area contributed by atoms with Gasteiger partial charge < -0.3 is 15.2 Å². The van der Waals surface area contributed by atoms with Gasteiger partial charge in [-0.15, -0.1) is 4.37 Å². The van der Waals surface area contributed by atoms with Gasteiger partial charge in [0, 0.05) is 12.6 Å². The van der Waals surface area contributed by atoms with Crippen molar-refractivity contribution in [2.45, 2.75) is 26.0 Å². The summed E-state index contributed by atoms with van der Waals surface area (Å²) >= 11 is 4.26. The summed E-state index contributed by atoms with van der Waals surface area (Å²) in [7, 11) is 0. The Kier molecular flexibility index (Phi) is 5.44. The van der Waals surface area contributed by atoms with Gasteiger partial charge in [0.15, 0.2) is 4.60 Å². The van der Waals surface area contributed by atoms with Crippen molar-refractivity contribution >= 4 is 27.7 Å². The Morgan fingerprint density at radius 1 is 1.53 bits per heavy atom. The van der Waals surface area contributed by atoms with Crippen molar-refractivity contribution in [3.05, 3.63) is 4.60 Å². The molecule has 5 nitrogen and oxygen atoms in total. The van der Waals surface area contributed by atoms with Crippen LogP contribution in [0.3, 0.4) is 0 Å². The molecule has 0 amide bonds. The maximum absolute atomic E-state index is 9.54. The average Bonchev–Trinajstić information content (AvgIpc) is 2.58. The van der Waals surface area contributed by atoms with Crippen LogP contribution in [-0.2, 0) is 0 Å². The molecule has 0 aliphatic heterocycles. The summed E-state index contributed by atoms with van der Waals surface area (Å²) in [6.07, 6.45) is -0.541. The van der Waals surface area contributed by atoms with Crippen LogP contribution in [0.25, 0.3) is 0 Å². The van der Waals surface area contributed by atoms with E-state index in [1.165, 1.54) is 0 Å². The number of halogens is 1. The van der Waals surface area contributed by atoms with E-state index >= 15 is 0 Å². The number of aliphatic hydroxyl groups is 1. The minimum atomic E-state index is -0.541. The molecule has 0 saturated carbocycles. The summed E-state index contributed by atoms with van der Waals surface area (Å²) in [5.74, 6) is 0.434. The molecule has 1 atom stereocenters. The van der Waals surface area contributed by atoms with Gasteiger partial charge in [0.1, 0.15) is 12.7 Å². The molecule has 1 aromatic rings. The predicted molar refractivity (Wildman–Crippen MR) is 62.2 cm³/mol. The monoisotopic (exact) mass is 295 g/mol. The molecule has 1 rings (SSSR count). The number of aromatic nitrogens is 2. The molecule has 2 N–H and O–H groups in total. The van der Waals surface area contributed by atoms with Gasteiger partial charge in [0.25, 0.3) is 5.88 Å². The van der Waals surface area contributed by atoms with E-state index < -0.39 is 6.10 Å². The minimum Gasteiger partial charge on any atom is -0.472 e. The zero-order chi connectivity index (χ0) is 11.3. The highest BCUT2D eigenvalue weighted by atomic mass is 79.9. The third-order valence-corrected chi connectivity index (χ3v) is 2.86. The Balaban J connectivity index is 2.22. The Morgan fingerprint density at radius 3 is 2.80 bits per heavy atom. The van der Waals surface area contributed by atoms with Crippen molar-refractivity contribution in [1.29, 1.82) is 0 Å². The zero-order valence-electron chi connectivity index (χ0n) is 8.61. The van der Waals surface area contributed by atoms with Crippen LogP contribution in [0.15, 0.2) is 4.60 Å². The summed E-state index contributed by atoms with van der Waals surface area (Å²) < 4.78 is 13.7. The number of hydrogen-bond donors (Lipinski definition) is 2. The third kappa shape index (κ3) is 4.87. The molecule has 0 bridgehead atoms. The lowest BCUT2D eigenvalue weighted by Gasteiger charge is -2.13. The van der Waals surface area contributed by atoms with Gasteiger partial charge >= 0.3 is 0 Å². The summed E-state index contributed by atoms with van der Waals surface area (Å²) in [4.78, 5) is 0. The van der Waals surface area contributed by atoms with E-state index in [-0.39, 0.29) is 6.61 Å². The number of hydrogen-bond acceptors (Lipinski definition) is 6. The molecule has 1 heterocycles. The van der Waals surface area contributed by atoms with E-state index in [0.29, 0.717) is 23.1 Å². The summed E-state index contributed by atoms with van der Waals surface area (Å²) in [6.45, 7) is 4.76. The molecule has 0 saturated heterocycles. The van der Waals surface area contributed by atoms with Crippen LogP contribution in [0.4, 0.5) is 0 Å². The lowest BCUT2D eigenvalue weighted by molar-refractivity contribution is 0.102. The molecule has 0 spiro atoms. The van der Waals surface area contributed by atoms with Crippen LogP contribution in [0.2, 0.25) is 0 Å². The molecular formula is C8H14BrN3O2S. The molecule has 0 radical (unpaired) electrons. The van der Waals surface area contributed by atoms with Crippen LogP contribution in [-0.4, -0.2) is 39.2 Å². The van der Waals surface area contributed by atoms with Gasteiger partial charge in [-0.05, 0) is 15.9 Å². The van der Waals surface area contributed by atoms with Crippen LogP contribution in [0.1, 0.15) is 13.8 Å². The van der Waals surface area contributed by atoms with Crippen molar-refractivity contribution in [2.24, 2.45) is 0 Å². The number of ether oxygens (including phenoxy) is 1. The van der Waals surface area contributed by atoms with E-state index in [1.807, 2.05) is 13.8 Å². The van der Waals surface area contributed by atoms with Gasteiger partial charge in [-0.25, -0.2) is 0 Å². The van der Waals surface area contributed by atoms with Gasteiger partial charge in [-0.1, -0.05) is 13.8 Å². The molecular weight excluding hydrogens is 282 g/mol. The third-order valence-electron chi connectivity index (χ3n) is 1.60. The molecule has 15 heavy (non-hydrogen) atoms. The number of nitrogens with one attached hydrogen (secondary N) is 1. The van der Waals surface area contributed by atoms with E-state index in [4.69, 9.17) is 4.74 Å². The largest absolute Gasteiger partial charge is 0.472 e. The van der Waals surface area contributed by atoms with Crippen LogP contribution in [0.5, 0.6) is 5.88 Å². The zero-order valence-corrected chi connectivity index (χ0v) is 11.0. The molecule has 86 valence electrons. The van der Waals surface area contributed by atoms with Crippen molar-refractivity contribution in [2.75, 3.05) is 13.2 Å². The standard InChI is InChI=1S/C8H14BrN3O2S/c1-5(2)10-3-6(13)4-14-8-7(9)11-15-12-8/h5-6,10,13H,3-4H2,1-2H3. The fourth-order valence-corrected chi connectivity index (χ4v) is 1.78. The van der Waals surface area contributed by atoms with Crippen LogP contribution >= 0.6 is 27.7 Å². The Morgan fingerprint density at radius 2 is 2.27 bits per heavy atom. The second-order valence-corrected chi connectivity index (χ2v) is 4.67. The number of nitrogens with zero attached hydrogens (tertiary/aromatic N) is 2. The molecule has 7 heteroatoms.